The number of rotatable bonds is 0. The van der Waals surface area contributed by atoms with Crippen molar-refractivity contribution in [2.45, 2.75) is 26.4 Å². The smallest absolute Gasteiger partial charge is 0.230 e. The fourth-order valence-corrected chi connectivity index (χ4v) is 2.12. The van der Waals surface area contributed by atoms with E-state index in [9.17, 15) is 4.79 Å². The van der Waals surface area contributed by atoms with Crippen molar-refractivity contribution in [2.24, 2.45) is 0 Å². The highest BCUT2D eigenvalue weighted by Gasteiger charge is 2.27. The van der Waals surface area contributed by atoms with Gasteiger partial charge in [-0.2, -0.15) is 0 Å². The predicted molar refractivity (Wildman–Crippen MR) is 64.3 cm³/mol. The van der Waals surface area contributed by atoms with Crippen molar-refractivity contribution in [1.29, 1.82) is 0 Å². The lowest BCUT2D eigenvalue weighted by atomic mass is 10.1. The summed E-state index contributed by atoms with van der Waals surface area (Å²) in [5.41, 5.74) is 1.77. The Balaban J connectivity index is 2.63. The Labute approximate surface area is 100.0 Å². The van der Waals surface area contributed by atoms with Gasteiger partial charge in [-0.05, 0) is 25.5 Å². The van der Waals surface area contributed by atoms with Crippen LogP contribution in [-0.4, -0.2) is 19.1 Å². The molecule has 2 rings (SSSR count). The topological polar surface area (TPSA) is 29.5 Å². The zero-order valence-corrected chi connectivity index (χ0v) is 10.3. The summed E-state index contributed by atoms with van der Waals surface area (Å²) in [7, 11) is 1.76. The Morgan fingerprint density at radius 2 is 2.19 bits per heavy atom. The summed E-state index contributed by atoms with van der Waals surface area (Å²) in [5, 5.41) is 0.550. The molecule has 1 aliphatic heterocycles. The number of anilines is 1. The molecule has 0 aliphatic carbocycles. The summed E-state index contributed by atoms with van der Waals surface area (Å²) in [6.07, 6.45) is 0.233. The summed E-state index contributed by atoms with van der Waals surface area (Å²) >= 11 is 6.10. The minimum absolute atomic E-state index is 0.0524. The molecule has 3 nitrogen and oxygen atoms in total. The number of nitrogens with zero attached hydrogens (tertiary/aromatic N) is 1. The second kappa shape index (κ2) is 3.98. The van der Waals surface area contributed by atoms with Crippen LogP contribution in [0.4, 0.5) is 5.69 Å². The number of hydrogen-bond acceptors (Lipinski definition) is 2. The van der Waals surface area contributed by atoms with Gasteiger partial charge in [0.1, 0.15) is 6.10 Å². The molecule has 86 valence electrons. The van der Waals surface area contributed by atoms with Crippen LogP contribution in [-0.2, 0) is 4.79 Å². The summed E-state index contributed by atoms with van der Waals surface area (Å²) in [6.45, 7) is 3.82. The van der Waals surface area contributed by atoms with Gasteiger partial charge in [0.25, 0.3) is 0 Å². The molecule has 16 heavy (non-hydrogen) atoms. The molecule has 0 spiro atoms. The second-order valence-corrected chi connectivity index (χ2v) is 4.53. The van der Waals surface area contributed by atoms with Gasteiger partial charge in [-0.1, -0.05) is 17.7 Å². The van der Waals surface area contributed by atoms with E-state index in [2.05, 4.69) is 0 Å². The molecule has 1 aromatic rings. The first-order valence-corrected chi connectivity index (χ1v) is 5.61. The molecule has 0 N–H and O–H groups in total. The first-order valence-electron chi connectivity index (χ1n) is 5.23. The number of aryl methyl sites for hydroxylation is 1. The molecule has 4 heteroatoms. The van der Waals surface area contributed by atoms with Crippen molar-refractivity contribution in [1.82, 2.24) is 0 Å². The number of carbonyl (C=O) groups excluding carboxylic acids is 1. The Morgan fingerprint density at radius 1 is 1.50 bits per heavy atom. The molecule has 0 fully saturated rings. The van der Waals surface area contributed by atoms with Gasteiger partial charge in [0.05, 0.1) is 17.1 Å². The van der Waals surface area contributed by atoms with Crippen LogP contribution in [0, 0.1) is 6.92 Å². The predicted octanol–water partition coefficient (Wildman–Crippen LogP) is 2.78. The summed E-state index contributed by atoms with van der Waals surface area (Å²) < 4.78 is 5.71. The Kier molecular flexibility index (Phi) is 2.80. The Bertz CT molecular complexity index is 445. The lowest BCUT2D eigenvalue weighted by molar-refractivity contribution is -0.119. The molecule has 1 unspecified atom stereocenters. The second-order valence-electron chi connectivity index (χ2n) is 4.13. The first kappa shape index (κ1) is 11.3. The van der Waals surface area contributed by atoms with Crippen LogP contribution in [0.2, 0.25) is 5.02 Å². The third-order valence-corrected chi connectivity index (χ3v) is 3.07. The monoisotopic (exact) mass is 239 g/mol. The van der Waals surface area contributed by atoms with E-state index in [1.165, 1.54) is 0 Å². The number of hydrogen-bond donors (Lipinski definition) is 0. The van der Waals surface area contributed by atoms with Gasteiger partial charge in [0.2, 0.25) is 5.91 Å². The van der Waals surface area contributed by atoms with E-state index in [-0.39, 0.29) is 12.0 Å². The van der Waals surface area contributed by atoms with Crippen molar-refractivity contribution in [2.75, 3.05) is 11.9 Å². The highest BCUT2D eigenvalue weighted by molar-refractivity contribution is 6.32. The molecule has 1 heterocycles. The Hall–Kier alpha value is -1.22. The highest BCUT2D eigenvalue weighted by Crippen LogP contribution is 2.40. The summed E-state index contributed by atoms with van der Waals surface area (Å²) in [4.78, 5) is 13.5. The van der Waals surface area contributed by atoms with Crippen LogP contribution in [0.1, 0.15) is 18.9 Å². The third-order valence-electron chi connectivity index (χ3n) is 2.78. The van der Waals surface area contributed by atoms with Crippen LogP contribution in [0.3, 0.4) is 0 Å². The van der Waals surface area contributed by atoms with Gasteiger partial charge in [-0.15, -0.1) is 0 Å². The largest absolute Gasteiger partial charge is 0.486 e. The lowest BCUT2D eigenvalue weighted by Crippen LogP contribution is -2.27. The van der Waals surface area contributed by atoms with Gasteiger partial charge < -0.3 is 9.64 Å². The van der Waals surface area contributed by atoms with Crippen molar-refractivity contribution in [3.05, 3.63) is 22.7 Å². The third kappa shape index (κ3) is 1.76. The SMILES string of the molecule is Cc1ccc(Cl)c2c1N(C)C(=O)CC(C)O2. The average molecular weight is 240 g/mol. The summed E-state index contributed by atoms with van der Waals surface area (Å²) in [5.74, 6) is 0.666. The normalized spacial score (nSPS) is 20.1. The standard InChI is InChI=1S/C12H14ClNO2/c1-7-4-5-9(13)12-11(7)14(3)10(15)6-8(2)16-12/h4-5,8H,6H2,1-3H3. The van der Waals surface area contributed by atoms with Crippen molar-refractivity contribution >= 4 is 23.2 Å². The zero-order chi connectivity index (χ0) is 11.9. The van der Waals surface area contributed by atoms with Crippen molar-refractivity contribution < 1.29 is 9.53 Å². The fraction of sp³-hybridized carbons (Fsp3) is 0.417. The van der Waals surface area contributed by atoms with E-state index in [1.807, 2.05) is 19.9 Å². The average Bonchev–Trinajstić information content (AvgIpc) is 2.32. The molecule has 1 aliphatic rings. The maximum absolute atomic E-state index is 11.9. The number of carbonyl (C=O) groups is 1. The number of ether oxygens (including phenoxy) is 1. The van der Waals surface area contributed by atoms with Gasteiger partial charge in [0, 0.05) is 7.05 Å². The molecule has 0 aromatic heterocycles. The van der Waals surface area contributed by atoms with Crippen LogP contribution in [0.5, 0.6) is 5.75 Å². The van der Waals surface area contributed by atoms with E-state index in [1.54, 1.807) is 18.0 Å². The van der Waals surface area contributed by atoms with Crippen LogP contribution < -0.4 is 9.64 Å². The maximum atomic E-state index is 11.9. The number of halogens is 1. The first-order chi connectivity index (χ1) is 7.50. The van der Waals surface area contributed by atoms with Crippen molar-refractivity contribution in [3.8, 4) is 5.75 Å². The van der Waals surface area contributed by atoms with Gasteiger partial charge in [-0.3, -0.25) is 4.79 Å². The molecular formula is C12H14ClNO2. The van der Waals surface area contributed by atoms with Crippen LogP contribution in [0.25, 0.3) is 0 Å². The Morgan fingerprint density at radius 3 is 2.88 bits per heavy atom. The fourth-order valence-electron chi connectivity index (χ4n) is 1.92. The zero-order valence-electron chi connectivity index (χ0n) is 9.58. The quantitative estimate of drug-likeness (QED) is 0.697. The molecule has 1 aromatic carbocycles. The lowest BCUT2D eigenvalue weighted by Gasteiger charge is -2.19. The highest BCUT2D eigenvalue weighted by atomic mass is 35.5. The van der Waals surface area contributed by atoms with E-state index in [0.717, 1.165) is 11.3 Å². The minimum Gasteiger partial charge on any atom is -0.486 e. The molecule has 0 radical (unpaired) electrons. The molecule has 1 amide bonds. The van der Waals surface area contributed by atoms with Gasteiger partial charge in [-0.25, -0.2) is 0 Å². The molecular weight excluding hydrogens is 226 g/mol. The number of amides is 1. The molecule has 0 bridgehead atoms. The van der Waals surface area contributed by atoms with Gasteiger partial charge in [0.15, 0.2) is 5.75 Å². The van der Waals surface area contributed by atoms with E-state index in [4.69, 9.17) is 16.3 Å². The van der Waals surface area contributed by atoms with Crippen molar-refractivity contribution in [3.63, 3.8) is 0 Å². The molecule has 0 saturated carbocycles. The minimum atomic E-state index is -0.143. The number of fused-ring (bicyclic) bond motifs is 1. The van der Waals surface area contributed by atoms with E-state index < -0.39 is 0 Å². The van der Waals surface area contributed by atoms with Crippen LogP contribution in [0.15, 0.2) is 12.1 Å². The molecule has 1 atom stereocenters. The van der Waals surface area contributed by atoms with Gasteiger partial charge >= 0.3 is 0 Å². The molecule has 0 saturated heterocycles. The van der Waals surface area contributed by atoms with E-state index in [0.29, 0.717) is 17.2 Å². The van der Waals surface area contributed by atoms with Crippen LogP contribution >= 0.6 is 11.6 Å². The summed E-state index contributed by atoms with van der Waals surface area (Å²) in [6, 6.07) is 3.69. The maximum Gasteiger partial charge on any atom is 0.230 e. The number of benzene rings is 1. The van der Waals surface area contributed by atoms with E-state index >= 15 is 0 Å².